The molecule has 0 radical (unpaired) electrons. The van der Waals surface area contributed by atoms with Crippen molar-refractivity contribution in [3.63, 3.8) is 0 Å². The quantitative estimate of drug-likeness (QED) is 0.765. The molecule has 0 spiro atoms. The predicted octanol–water partition coefficient (Wildman–Crippen LogP) is 1.68. The molecule has 0 saturated heterocycles. The Bertz CT molecular complexity index is 717. The van der Waals surface area contributed by atoms with Crippen LogP contribution in [0.3, 0.4) is 0 Å². The molecule has 2 aromatic rings. The highest BCUT2D eigenvalue weighted by atomic mass is 16.5. The van der Waals surface area contributed by atoms with Crippen molar-refractivity contribution in [1.82, 2.24) is 10.6 Å². The van der Waals surface area contributed by atoms with Crippen molar-refractivity contribution in [1.29, 1.82) is 0 Å². The van der Waals surface area contributed by atoms with Gasteiger partial charge in [-0.15, -0.1) is 0 Å². The van der Waals surface area contributed by atoms with Crippen LogP contribution in [0.2, 0.25) is 0 Å². The number of benzene rings is 2. The highest BCUT2D eigenvalue weighted by Gasteiger charge is 2.08. The smallest absolute Gasteiger partial charge is 0.239 e. The molecule has 2 amide bonds. The van der Waals surface area contributed by atoms with Crippen LogP contribution in [0.4, 0.5) is 0 Å². The third-order valence-electron chi connectivity index (χ3n) is 3.59. The fourth-order valence-corrected chi connectivity index (χ4v) is 2.28. The minimum Gasteiger partial charge on any atom is -0.493 e. The minimum absolute atomic E-state index is 0.0566. The van der Waals surface area contributed by atoms with Gasteiger partial charge in [0.1, 0.15) is 0 Å². The Morgan fingerprint density at radius 1 is 0.840 bits per heavy atom. The van der Waals surface area contributed by atoms with E-state index in [9.17, 15) is 9.59 Å². The summed E-state index contributed by atoms with van der Waals surface area (Å²) in [4.78, 5) is 23.7. The summed E-state index contributed by atoms with van der Waals surface area (Å²) < 4.78 is 10.4. The van der Waals surface area contributed by atoms with E-state index in [2.05, 4.69) is 10.6 Å². The lowest BCUT2D eigenvalue weighted by molar-refractivity contribution is -0.125. The van der Waals surface area contributed by atoms with Crippen molar-refractivity contribution in [3.8, 4) is 11.5 Å². The fourth-order valence-electron chi connectivity index (χ4n) is 2.28. The van der Waals surface area contributed by atoms with Gasteiger partial charge in [-0.25, -0.2) is 0 Å². The molecule has 25 heavy (non-hydrogen) atoms. The average Bonchev–Trinajstić information content (AvgIpc) is 2.65. The molecular weight excluding hydrogens is 320 g/mol. The molecule has 0 fully saturated rings. The molecule has 0 aliphatic rings. The van der Waals surface area contributed by atoms with E-state index in [1.807, 2.05) is 36.4 Å². The van der Waals surface area contributed by atoms with Gasteiger partial charge < -0.3 is 20.1 Å². The Labute approximate surface area is 147 Å². The zero-order chi connectivity index (χ0) is 18.1. The van der Waals surface area contributed by atoms with Crippen LogP contribution in [0.15, 0.2) is 48.5 Å². The Morgan fingerprint density at radius 3 is 2.24 bits per heavy atom. The first-order valence-electron chi connectivity index (χ1n) is 7.90. The largest absolute Gasteiger partial charge is 0.493 e. The molecule has 2 N–H and O–H groups in total. The molecular formula is C19H22N2O4. The monoisotopic (exact) mass is 342 g/mol. The van der Waals surface area contributed by atoms with E-state index < -0.39 is 0 Å². The number of amides is 2. The molecule has 132 valence electrons. The van der Waals surface area contributed by atoms with Gasteiger partial charge in [0, 0.05) is 6.54 Å². The summed E-state index contributed by atoms with van der Waals surface area (Å²) in [5.74, 6) is 0.792. The molecule has 6 nitrogen and oxygen atoms in total. The third-order valence-corrected chi connectivity index (χ3v) is 3.59. The van der Waals surface area contributed by atoms with Gasteiger partial charge in [0.15, 0.2) is 11.5 Å². The van der Waals surface area contributed by atoms with E-state index >= 15 is 0 Å². The maximum absolute atomic E-state index is 11.9. The number of ether oxygens (including phenoxy) is 2. The van der Waals surface area contributed by atoms with Gasteiger partial charge in [-0.05, 0) is 23.3 Å². The summed E-state index contributed by atoms with van der Waals surface area (Å²) >= 11 is 0. The summed E-state index contributed by atoms with van der Waals surface area (Å²) in [7, 11) is 3.12. The van der Waals surface area contributed by atoms with Gasteiger partial charge in [0.05, 0.1) is 27.2 Å². The molecule has 0 aromatic heterocycles. The van der Waals surface area contributed by atoms with E-state index in [4.69, 9.17) is 9.47 Å². The second kappa shape index (κ2) is 9.32. The van der Waals surface area contributed by atoms with Crippen LogP contribution < -0.4 is 20.1 Å². The third kappa shape index (κ3) is 5.84. The predicted molar refractivity (Wildman–Crippen MR) is 94.5 cm³/mol. The van der Waals surface area contributed by atoms with Crippen LogP contribution in [-0.4, -0.2) is 32.6 Å². The number of methoxy groups -OCH3 is 2. The van der Waals surface area contributed by atoms with Crippen LogP contribution in [0, 0.1) is 0 Å². The normalized spacial score (nSPS) is 10.0. The summed E-state index contributed by atoms with van der Waals surface area (Å²) in [5, 5.41) is 5.37. The van der Waals surface area contributed by atoms with Crippen LogP contribution in [0.25, 0.3) is 0 Å². The van der Waals surface area contributed by atoms with E-state index in [1.165, 1.54) is 0 Å². The summed E-state index contributed by atoms with van der Waals surface area (Å²) in [6, 6.07) is 14.8. The van der Waals surface area contributed by atoms with E-state index in [0.29, 0.717) is 18.0 Å². The maximum atomic E-state index is 11.9. The number of hydrogen-bond acceptors (Lipinski definition) is 4. The lowest BCUT2D eigenvalue weighted by Crippen LogP contribution is -2.37. The average molecular weight is 342 g/mol. The molecule has 6 heteroatoms. The van der Waals surface area contributed by atoms with E-state index in [0.717, 1.165) is 11.1 Å². The van der Waals surface area contributed by atoms with Crippen molar-refractivity contribution in [2.24, 2.45) is 0 Å². The molecule has 0 aliphatic carbocycles. The highest BCUT2D eigenvalue weighted by Crippen LogP contribution is 2.27. The first kappa shape index (κ1) is 18.3. The van der Waals surface area contributed by atoms with Gasteiger partial charge in [-0.3, -0.25) is 9.59 Å². The SMILES string of the molecule is COc1ccc(CNC(=O)CNC(=O)Cc2ccccc2)cc1OC. The minimum atomic E-state index is -0.254. The van der Waals surface area contributed by atoms with Gasteiger partial charge in [-0.1, -0.05) is 36.4 Å². The topological polar surface area (TPSA) is 76.7 Å². The number of carbonyl (C=O) groups excluding carboxylic acids is 2. The van der Waals surface area contributed by atoms with E-state index in [1.54, 1.807) is 26.4 Å². The Hall–Kier alpha value is -3.02. The second-order valence-electron chi connectivity index (χ2n) is 5.41. The molecule has 0 aliphatic heterocycles. The summed E-state index contributed by atoms with van der Waals surface area (Å²) in [5.41, 5.74) is 1.78. The fraction of sp³-hybridized carbons (Fsp3) is 0.263. The lowest BCUT2D eigenvalue weighted by Gasteiger charge is -2.11. The molecule has 2 rings (SSSR count). The van der Waals surface area contributed by atoms with E-state index in [-0.39, 0.29) is 24.8 Å². The Kier molecular flexibility index (Phi) is 6.83. The molecule has 0 unspecified atom stereocenters. The summed E-state index contributed by atoms with van der Waals surface area (Å²) in [6.45, 7) is 0.284. The standard InChI is InChI=1S/C19H22N2O4/c1-24-16-9-8-15(10-17(16)25-2)12-20-19(23)13-21-18(22)11-14-6-4-3-5-7-14/h3-10H,11-13H2,1-2H3,(H,20,23)(H,21,22). The van der Waals surface area contributed by atoms with Gasteiger partial charge >= 0.3 is 0 Å². The molecule has 0 bridgehead atoms. The highest BCUT2D eigenvalue weighted by molar-refractivity contribution is 5.85. The Balaban J connectivity index is 1.76. The van der Waals surface area contributed by atoms with Crippen LogP contribution in [0.5, 0.6) is 11.5 Å². The maximum Gasteiger partial charge on any atom is 0.239 e. The zero-order valence-corrected chi connectivity index (χ0v) is 14.4. The van der Waals surface area contributed by atoms with Crippen molar-refractivity contribution in [3.05, 3.63) is 59.7 Å². The number of hydrogen-bond donors (Lipinski definition) is 2. The molecule has 0 saturated carbocycles. The number of carbonyl (C=O) groups is 2. The van der Waals surface area contributed by atoms with Crippen LogP contribution in [0.1, 0.15) is 11.1 Å². The van der Waals surface area contributed by atoms with Crippen LogP contribution >= 0.6 is 0 Å². The van der Waals surface area contributed by atoms with Gasteiger partial charge in [0.25, 0.3) is 0 Å². The van der Waals surface area contributed by atoms with Gasteiger partial charge in [0.2, 0.25) is 11.8 Å². The van der Waals surface area contributed by atoms with Crippen molar-refractivity contribution >= 4 is 11.8 Å². The lowest BCUT2D eigenvalue weighted by atomic mass is 10.1. The van der Waals surface area contributed by atoms with Crippen molar-refractivity contribution in [2.45, 2.75) is 13.0 Å². The first-order chi connectivity index (χ1) is 12.1. The first-order valence-corrected chi connectivity index (χ1v) is 7.90. The van der Waals surface area contributed by atoms with Crippen molar-refractivity contribution < 1.29 is 19.1 Å². The second-order valence-corrected chi connectivity index (χ2v) is 5.41. The summed E-state index contributed by atoms with van der Waals surface area (Å²) in [6.07, 6.45) is 0.254. The number of rotatable bonds is 8. The zero-order valence-electron chi connectivity index (χ0n) is 14.4. The van der Waals surface area contributed by atoms with Crippen molar-refractivity contribution in [2.75, 3.05) is 20.8 Å². The number of nitrogens with one attached hydrogen (secondary N) is 2. The molecule has 2 aromatic carbocycles. The Morgan fingerprint density at radius 2 is 1.56 bits per heavy atom. The molecule has 0 heterocycles. The molecule has 0 atom stereocenters. The van der Waals surface area contributed by atoms with Crippen LogP contribution in [-0.2, 0) is 22.6 Å². The van der Waals surface area contributed by atoms with Gasteiger partial charge in [-0.2, -0.15) is 0 Å².